The molecule has 1 aromatic heterocycles. The minimum atomic E-state index is -0.201. The van der Waals surface area contributed by atoms with E-state index in [0.717, 1.165) is 22.2 Å². The predicted octanol–water partition coefficient (Wildman–Crippen LogP) is 4.59. The minimum Gasteiger partial charge on any atom is -0.355 e. The number of nitrogens with one attached hydrogen (secondary N) is 1. The molecule has 0 radical (unpaired) electrons. The average molecular weight is 239 g/mol. The van der Waals surface area contributed by atoms with Crippen molar-refractivity contribution in [1.82, 2.24) is 4.98 Å². The molecule has 0 saturated carbocycles. The van der Waals surface area contributed by atoms with Gasteiger partial charge in [-0.05, 0) is 60.9 Å². The summed E-state index contributed by atoms with van der Waals surface area (Å²) in [6.45, 7) is 4.20. The number of halogens is 1. The molecule has 90 valence electrons. The molecule has 0 aliphatic rings. The van der Waals surface area contributed by atoms with Gasteiger partial charge in [-0.1, -0.05) is 12.1 Å². The van der Waals surface area contributed by atoms with Crippen LogP contribution in [-0.2, 0) is 0 Å². The van der Waals surface area contributed by atoms with Gasteiger partial charge in [-0.15, -0.1) is 0 Å². The number of H-pyrrole nitrogens is 1. The molecule has 0 atom stereocenters. The molecule has 3 aromatic rings. The van der Waals surface area contributed by atoms with E-state index in [1.807, 2.05) is 6.07 Å². The Morgan fingerprint density at radius 1 is 0.889 bits per heavy atom. The standard InChI is InChI=1S/C16H14FN/c1-10-3-4-12(7-11(10)2)16-9-13-8-14(17)5-6-15(13)18-16/h3-9,18H,1-2H3. The lowest BCUT2D eigenvalue weighted by atomic mass is 10.0. The summed E-state index contributed by atoms with van der Waals surface area (Å²) in [7, 11) is 0. The molecular formula is C16H14FN. The van der Waals surface area contributed by atoms with Crippen LogP contribution in [0.15, 0.2) is 42.5 Å². The summed E-state index contributed by atoms with van der Waals surface area (Å²) < 4.78 is 13.2. The second kappa shape index (κ2) is 3.98. The highest BCUT2D eigenvalue weighted by Crippen LogP contribution is 2.26. The normalized spacial score (nSPS) is 11.1. The van der Waals surface area contributed by atoms with Crippen molar-refractivity contribution in [1.29, 1.82) is 0 Å². The van der Waals surface area contributed by atoms with Crippen LogP contribution in [0.1, 0.15) is 11.1 Å². The minimum absolute atomic E-state index is 0.201. The second-order valence-corrected chi connectivity index (χ2v) is 4.71. The maximum Gasteiger partial charge on any atom is 0.123 e. The van der Waals surface area contributed by atoms with E-state index in [9.17, 15) is 4.39 Å². The van der Waals surface area contributed by atoms with Crippen molar-refractivity contribution in [2.75, 3.05) is 0 Å². The molecule has 0 bridgehead atoms. The molecule has 1 N–H and O–H groups in total. The Morgan fingerprint density at radius 2 is 1.72 bits per heavy atom. The Hall–Kier alpha value is -2.09. The Morgan fingerprint density at radius 3 is 2.50 bits per heavy atom. The lowest BCUT2D eigenvalue weighted by Gasteiger charge is -2.03. The zero-order valence-corrected chi connectivity index (χ0v) is 10.4. The zero-order valence-electron chi connectivity index (χ0n) is 10.4. The van der Waals surface area contributed by atoms with Gasteiger partial charge >= 0.3 is 0 Å². The zero-order chi connectivity index (χ0) is 12.7. The van der Waals surface area contributed by atoms with Crippen molar-refractivity contribution >= 4 is 10.9 Å². The molecular weight excluding hydrogens is 225 g/mol. The fraction of sp³-hybridized carbons (Fsp3) is 0.125. The largest absolute Gasteiger partial charge is 0.355 e. The van der Waals surface area contributed by atoms with E-state index >= 15 is 0 Å². The first-order chi connectivity index (χ1) is 8.63. The Bertz CT molecular complexity index is 725. The van der Waals surface area contributed by atoms with Gasteiger partial charge in [0.1, 0.15) is 5.82 Å². The molecule has 0 saturated heterocycles. The van der Waals surface area contributed by atoms with E-state index in [0.29, 0.717) is 0 Å². The van der Waals surface area contributed by atoms with Gasteiger partial charge in [0.05, 0.1) is 0 Å². The molecule has 0 fully saturated rings. The monoisotopic (exact) mass is 239 g/mol. The number of hydrogen-bond acceptors (Lipinski definition) is 0. The third-order valence-corrected chi connectivity index (χ3v) is 3.40. The van der Waals surface area contributed by atoms with Crippen LogP contribution in [0, 0.1) is 19.7 Å². The molecule has 18 heavy (non-hydrogen) atoms. The summed E-state index contributed by atoms with van der Waals surface area (Å²) in [5.41, 5.74) is 5.66. The van der Waals surface area contributed by atoms with Gasteiger partial charge < -0.3 is 4.98 Å². The fourth-order valence-corrected chi connectivity index (χ4v) is 2.17. The van der Waals surface area contributed by atoms with Gasteiger partial charge in [-0.3, -0.25) is 0 Å². The molecule has 0 unspecified atom stereocenters. The second-order valence-electron chi connectivity index (χ2n) is 4.71. The summed E-state index contributed by atoms with van der Waals surface area (Å²) >= 11 is 0. The van der Waals surface area contributed by atoms with Crippen LogP contribution in [0.2, 0.25) is 0 Å². The van der Waals surface area contributed by atoms with Crippen LogP contribution in [0.4, 0.5) is 4.39 Å². The van der Waals surface area contributed by atoms with E-state index in [4.69, 9.17) is 0 Å². The quantitative estimate of drug-likeness (QED) is 0.639. The summed E-state index contributed by atoms with van der Waals surface area (Å²) in [4.78, 5) is 3.32. The molecule has 3 rings (SSSR count). The molecule has 0 aliphatic carbocycles. The molecule has 2 aromatic carbocycles. The topological polar surface area (TPSA) is 15.8 Å². The molecule has 2 heteroatoms. The summed E-state index contributed by atoms with van der Waals surface area (Å²) in [6.07, 6.45) is 0. The van der Waals surface area contributed by atoms with Crippen molar-refractivity contribution in [3.05, 3.63) is 59.4 Å². The molecule has 1 nitrogen and oxygen atoms in total. The van der Waals surface area contributed by atoms with Gasteiger partial charge in [0.15, 0.2) is 0 Å². The van der Waals surface area contributed by atoms with Crippen molar-refractivity contribution in [2.24, 2.45) is 0 Å². The Kier molecular flexibility index (Phi) is 2.44. The number of hydrogen-bond donors (Lipinski definition) is 1. The van der Waals surface area contributed by atoms with Gasteiger partial charge in [0.2, 0.25) is 0 Å². The lowest BCUT2D eigenvalue weighted by Crippen LogP contribution is -1.83. The summed E-state index contributed by atoms with van der Waals surface area (Å²) in [6, 6.07) is 13.1. The van der Waals surface area contributed by atoms with E-state index in [2.05, 4.69) is 37.0 Å². The molecule has 1 heterocycles. The van der Waals surface area contributed by atoms with E-state index in [1.165, 1.54) is 17.2 Å². The SMILES string of the molecule is Cc1ccc(-c2cc3cc(F)ccc3[nH]2)cc1C. The van der Waals surface area contributed by atoms with Crippen LogP contribution in [0.5, 0.6) is 0 Å². The Balaban J connectivity index is 2.16. The molecule has 0 spiro atoms. The Labute approximate surface area is 105 Å². The third kappa shape index (κ3) is 1.80. The van der Waals surface area contributed by atoms with Crippen molar-refractivity contribution in [3.8, 4) is 11.3 Å². The van der Waals surface area contributed by atoms with Crippen LogP contribution in [-0.4, -0.2) is 4.98 Å². The number of aryl methyl sites for hydroxylation is 2. The van der Waals surface area contributed by atoms with E-state index in [-0.39, 0.29) is 5.82 Å². The predicted molar refractivity (Wildman–Crippen MR) is 73.2 cm³/mol. The highest BCUT2D eigenvalue weighted by molar-refractivity contribution is 5.86. The first kappa shape index (κ1) is 11.0. The van der Waals surface area contributed by atoms with Crippen molar-refractivity contribution in [3.63, 3.8) is 0 Å². The van der Waals surface area contributed by atoms with Crippen LogP contribution < -0.4 is 0 Å². The number of rotatable bonds is 1. The molecule has 0 aliphatic heterocycles. The van der Waals surface area contributed by atoms with Crippen LogP contribution >= 0.6 is 0 Å². The van der Waals surface area contributed by atoms with Gasteiger partial charge in [-0.25, -0.2) is 4.39 Å². The summed E-state index contributed by atoms with van der Waals surface area (Å²) in [5.74, 6) is -0.201. The number of benzene rings is 2. The van der Waals surface area contributed by atoms with E-state index < -0.39 is 0 Å². The first-order valence-electron chi connectivity index (χ1n) is 5.99. The van der Waals surface area contributed by atoms with Crippen LogP contribution in [0.3, 0.4) is 0 Å². The lowest BCUT2D eigenvalue weighted by molar-refractivity contribution is 0.630. The fourth-order valence-electron chi connectivity index (χ4n) is 2.17. The number of aromatic nitrogens is 1. The number of fused-ring (bicyclic) bond motifs is 1. The highest BCUT2D eigenvalue weighted by Gasteiger charge is 2.05. The summed E-state index contributed by atoms with van der Waals surface area (Å²) in [5, 5.41) is 0.906. The maximum atomic E-state index is 13.2. The first-order valence-corrected chi connectivity index (χ1v) is 5.99. The van der Waals surface area contributed by atoms with Gasteiger partial charge in [0, 0.05) is 16.6 Å². The number of aromatic amines is 1. The van der Waals surface area contributed by atoms with Crippen molar-refractivity contribution < 1.29 is 4.39 Å². The van der Waals surface area contributed by atoms with Gasteiger partial charge in [-0.2, -0.15) is 0 Å². The highest BCUT2D eigenvalue weighted by atomic mass is 19.1. The van der Waals surface area contributed by atoms with Crippen molar-refractivity contribution in [2.45, 2.75) is 13.8 Å². The average Bonchev–Trinajstić information content (AvgIpc) is 2.75. The maximum absolute atomic E-state index is 13.2. The van der Waals surface area contributed by atoms with Crippen LogP contribution in [0.25, 0.3) is 22.2 Å². The van der Waals surface area contributed by atoms with Gasteiger partial charge in [0.25, 0.3) is 0 Å². The van der Waals surface area contributed by atoms with E-state index in [1.54, 1.807) is 12.1 Å². The smallest absolute Gasteiger partial charge is 0.123 e. The molecule has 0 amide bonds. The third-order valence-electron chi connectivity index (χ3n) is 3.40.